The highest BCUT2D eigenvalue weighted by atomic mass is 16.4. The summed E-state index contributed by atoms with van der Waals surface area (Å²) in [5.74, 6) is -2.21. The summed E-state index contributed by atoms with van der Waals surface area (Å²) in [7, 11) is 0. The number of amides is 2. The fraction of sp³-hybridized carbons (Fsp3) is 0.583. The smallest absolute Gasteiger partial charge is 0.331 e. The third-order valence-corrected chi connectivity index (χ3v) is 2.62. The van der Waals surface area contributed by atoms with Gasteiger partial charge in [-0.1, -0.05) is 13.3 Å². The highest BCUT2D eigenvalue weighted by molar-refractivity contribution is 6.02. The van der Waals surface area contributed by atoms with Gasteiger partial charge in [0.25, 0.3) is 0 Å². The molecule has 0 bridgehead atoms. The monoisotopic (exact) mass is 256 g/mol. The summed E-state index contributed by atoms with van der Waals surface area (Å²) in [5.41, 5.74) is 5.18. The summed E-state index contributed by atoms with van der Waals surface area (Å²) in [4.78, 5) is 35.0. The van der Waals surface area contributed by atoms with Crippen LogP contribution in [0.15, 0.2) is 11.1 Å². The molecule has 0 rings (SSSR count). The SMILES string of the molecule is CCCCN(CC(N)=O)C(=O)C(C)=C(C)C(=O)O. The van der Waals surface area contributed by atoms with Crippen LogP contribution in [0.25, 0.3) is 0 Å². The second kappa shape index (κ2) is 7.47. The van der Waals surface area contributed by atoms with Crippen molar-refractivity contribution in [2.45, 2.75) is 33.6 Å². The first-order valence-corrected chi connectivity index (χ1v) is 5.79. The van der Waals surface area contributed by atoms with Crippen LogP contribution >= 0.6 is 0 Å². The van der Waals surface area contributed by atoms with Crippen molar-refractivity contribution in [2.75, 3.05) is 13.1 Å². The van der Waals surface area contributed by atoms with Gasteiger partial charge in [0.05, 0.1) is 6.54 Å². The zero-order valence-corrected chi connectivity index (χ0v) is 11.0. The van der Waals surface area contributed by atoms with Crippen molar-refractivity contribution in [2.24, 2.45) is 5.73 Å². The molecule has 0 saturated carbocycles. The van der Waals surface area contributed by atoms with E-state index in [4.69, 9.17) is 10.8 Å². The lowest BCUT2D eigenvalue weighted by molar-refractivity contribution is -0.134. The first-order chi connectivity index (χ1) is 8.31. The first kappa shape index (κ1) is 16.1. The fourth-order valence-corrected chi connectivity index (χ4v) is 1.35. The standard InChI is InChI=1S/C12H20N2O4/c1-4-5-6-14(7-10(13)15)11(16)8(2)9(3)12(17)18/h4-7H2,1-3H3,(H2,13,15)(H,17,18). The summed E-state index contributed by atoms with van der Waals surface area (Å²) in [5, 5.41) is 8.82. The van der Waals surface area contributed by atoms with Crippen LogP contribution in [-0.2, 0) is 14.4 Å². The van der Waals surface area contributed by atoms with E-state index in [0.717, 1.165) is 12.8 Å². The van der Waals surface area contributed by atoms with Crippen molar-refractivity contribution < 1.29 is 19.5 Å². The third-order valence-electron chi connectivity index (χ3n) is 2.62. The minimum absolute atomic E-state index is 0.0223. The molecule has 6 nitrogen and oxygen atoms in total. The Morgan fingerprint density at radius 1 is 1.17 bits per heavy atom. The number of aliphatic carboxylic acids is 1. The van der Waals surface area contributed by atoms with E-state index in [1.165, 1.54) is 18.7 Å². The van der Waals surface area contributed by atoms with Gasteiger partial charge in [-0.2, -0.15) is 0 Å². The number of hydrogen-bond acceptors (Lipinski definition) is 3. The predicted octanol–water partition coefficient (Wildman–Crippen LogP) is 0.521. The molecule has 0 aliphatic carbocycles. The van der Waals surface area contributed by atoms with Gasteiger partial charge >= 0.3 is 5.97 Å². The van der Waals surface area contributed by atoms with E-state index < -0.39 is 17.8 Å². The number of carboxylic acids is 1. The van der Waals surface area contributed by atoms with E-state index in [1.807, 2.05) is 6.92 Å². The van der Waals surface area contributed by atoms with Crippen molar-refractivity contribution in [3.63, 3.8) is 0 Å². The predicted molar refractivity (Wildman–Crippen MR) is 66.7 cm³/mol. The second-order valence-electron chi connectivity index (χ2n) is 4.10. The van der Waals surface area contributed by atoms with Gasteiger partial charge in [0, 0.05) is 17.7 Å². The molecule has 0 aromatic heterocycles. The Bertz CT molecular complexity index is 374. The zero-order valence-electron chi connectivity index (χ0n) is 11.0. The number of carboxylic acid groups (broad SMARTS) is 1. The first-order valence-electron chi connectivity index (χ1n) is 5.79. The highest BCUT2D eigenvalue weighted by Crippen LogP contribution is 2.09. The van der Waals surface area contributed by atoms with Gasteiger partial charge in [-0.3, -0.25) is 9.59 Å². The average Bonchev–Trinajstić information content (AvgIpc) is 2.30. The molecule has 0 saturated heterocycles. The Balaban J connectivity index is 5.00. The Morgan fingerprint density at radius 2 is 1.72 bits per heavy atom. The molecule has 0 unspecified atom stereocenters. The van der Waals surface area contributed by atoms with Gasteiger partial charge in [0.15, 0.2) is 0 Å². The maximum Gasteiger partial charge on any atom is 0.331 e. The number of carbonyl (C=O) groups excluding carboxylic acids is 2. The lowest BCUT2D eigenvalue weighted by Crippen LogP contribution is -2.39. The van der Waals surface area contributed by atoms with Crippen LogP contribution in [0, 0.1) is 0 Å². The number of nitrogens with zero attached hydrogens (tertiary/aromatic N) is 1. The molecule has 0 aromatic carbocycles. The molecule has 0 aromatic rings. The normalized spacial score (nSPS) is 11.7. The molecule has 6 heteroatoms. The largest absolute Gasteiger partial charge is 0.478 e. The molecule has 3 N–H and O–H groups in total. The molecule has 0 fully saturated rings. The quantitative estimate of drug-likeness (QED) is 0.648. The van der Waals surface area contributed by atoms with Crippen molar-refractivity contribution in [1.29, 1.82) is 0 Å². The summed E-state index contributed by atoms with van der Waals surface area (Å²) >= 11 is 0. The van der Waals surface area contributed by atoms with Crippen LogP contribution in [0.5, 0.6) is 0 Å². The van der Waals surface area contributed by atoms with Crippen molar-refractivity contribution in [3.05, 3.63) is 11.1 Å². The van der Waals surface area contributed by atoms with Crippen LogP contribution in [-0.4, -0.2) is 40.9 Å². The van der Waals surface area contributed by atoms with Gasteiger partial charge in [-0.25, -0.2) is 4.79 Å². The van der Waals surface area contributed by atoms with Gasteiger partial charge < -0.3 is 15.7 Å². The van der Waals surface area contributed by atoms with E-state index in [-0.39, 0.29) is 17.7 Å². The molecule has 18 heavy (non-hydrogen) atoms. The molecule has 0 atom stereocenters. The topological polar surface area (TPSA) is 101 Å². The molecule has 0 heterocycles. The summed E-state index contributed by atoms with van der Waals surface area (Å²) in [6.45, 7) is 4.95. The van der Waals surface area contributed by atoms with E-state index in [0.29, 0.717) is 6.54 Å². The van der Waals surface area contributed by atoms with Gasteiger partial charge in [0.2, 0.25) is 11.8 Å². The van der Waals surface area contributed by atoms with E-state index in [2.05, 4.69) is 0 Å². The fourth-order valence-electron chi connectivity index (χ4n) is 1.35. The lowest BCUT2D eigenvalue weighted by Gasteiger charge is -2.21. The Kier molecular flexibility index (Phi) is 6.70. The molecule has 102 valence electrons. The van der Waals surface area contributed by atoms with Crippen LogP contribution in [0.2, 0.25) is 0 Å². The summed E-state index contributed by atoms with van der Waals surface area (Å²) < 4.78 is 0. The maximum absolute atomic E-state index is 12.0. The molecule has 0 radical (unpaired) electrons. The van der Waals surface area contributed by atoms with Crippen molar-refractivity contribution >= 4 is 17.8 Å². The highest BCUT2D eigenvalue weighted by Gasteiger charge is 2.20. The molecule has 0 spiro atoms. The molecule has 2 amide bonds. The Hall–Kier alpha value is -1.85. The molecule has 0 aliphatic rings. The molecular formula is C12H20N2O4. The molecular weight excluding hydrogens is 236 g/mol. The Labute approximate surface area is 106 Å². The number of carbonyl (C=O) groups is 3. The number of unbranched alkanes of at least 4 members (excludes halogenated alkanes) is 1. The van der Waals surface area contributed by atoms with Crippen LogP contribution in [0.3, 0.4) is 0 Å². The number of hydrogen-bond donors (Lipinski definition) is 2. The lowest BCUT2D eigenvalue weighted by atomic mass is 10.1. The number of rotatable bonds is 7. The van der Waals surface area contributed by atoms with Crippen molar-refractivity contribution in [1.82, 2.24) is 4.90 Å². The van der Waals surface area contributed by atoms with E-state index >= 15 is 0 Å². The van der Waals surface area contributed by atoms with Crippen LogP contribution < -0.4 is 5.73 Å². The minimum atomic E-state index is -1.14. The third kappa shape index (κ3) is 4.99. The van der Waals surface area contributed by atoms with Gasteiger partial charge in [-0.15, -0.1) is 0 Å². The average molecular weight is 256 g/mol. The van der Waals surface area contributed by atoms with Crippen molar-refractivity contribution in [3.8, 4) is 0 Å². The molecule has 0 aliphatic heterocycles. The zero-order chi connectivity index (χ0) is 14.3. The maximum atomic E-state index is 12.0. The Morgan fingerprint density at radius 3 is 2.11 bits per heavy atom. The van der Waals surface area contributed by atoms with E-state index in [9.17, 15) is 14.4 Å². The van der Waals surface area contributed by atoms with Crippen LogP contribution in [0.4, 0.5) is 0 Å². The van der Waals surface area contributed by atoms with Gasteiger partial charge in [0.1, 0.15) is 0 Å². The number of nitrogens with two attached hydrogens (primary N) is 1. The number of primary amides is 1. The minimum Gasteiger partial charge on any atom is -0.478 e. The van der Waals surface area contributed by atoms with Gasteiger partial charge in [-0.05, 0) is 20.3 Å². The van der Waals surface area contributed by atoms with Crippen LogP contribution in [0.1, 0.15) is 33.6 Å². The van der Waals surface area contributed by atoms with E-state index in [1.54, 1.807) is 0 Å². The summed E-state index contributed by atoms with van der Waals surface area (Å²) in [6, 6.07) is 0. The second-order valence-corrected chi connectivity index (χ2v) is 4.10. The summed E-state index contributed by atoms with van der Waals surface area (Å²) in [6.07, 6.45) is 1.60.